The molecule has 0 spiro atoms. The van der Waals surface area contributed by atoms with Gasteiger partial charge in [-0.1, -0.05) is 6.07 Å². The molecule has 0 aliphatic rings. The van der Waals surface area contributed by atoms with E-state index in [4.69, 9.17) is 0 Å². The summed E-state index contributed by atoms with van der Waals surface area (Å²) >= 11 is 0. The van der Waals surface area contributed by atoms with Crippen molar-refractivity contribution in [2.45, 2.75) is 0 Å². The molecule has 0 bridgehead atoms. The molecule has 0 aliphatic carbocycles. The fourth-order valence-corrected chi connectivity index (χ4v) is 1.40. The summed E-state index contributed by atoms with van der Waals surface area (Å²) < 4.78 is 0. The Kier molecular flexibility index (Phi) is 4.58. The second-order valence-electron chi connectivity index (χ2n) is 3.50. The van der Waals surface area contributed by atoms with E-state index < -0.39 is 0 Å². The Hall–Kier alpha value is -2.55. The van der Waals surface area contributed by atoms with Crippen molar-refractivity contribution in [3.8, 4) is 11.1 Å². The van der Waals surface area contributed by atoms with E-state index in [1.807, 2.05) is 42.5 Å². The van der Waals surface area contributed by atoms with E-state index in [-0.39, 0.29) is 0 Å². The van der Waals surface area contributed by atoms with Gasteiger partial charge in [0.2, 0.25) is 0 Å². The maximum atomic E-state index is 3.96. The van der Waals surface area contributed by atoms with Crippen molar-refractivity contribution in [3.63, 3.8) is 0 Å². The van der Waals surface area contributed by atoms with Gasteiger partial charge in [-0.2, -0.15) is 0 Å². The van der Waals surface area contributed by atoms with E-state index in [9.17, 15) is 0 Å². The quantitative estimate of drug-likeness (QED) is 0.650. The number of rotatable bonds is 1. The van der Waals surface area contributed by atoms with E-state index >= 15 is 0 Å². The highest BCUT2D eigenvalue weighted by molar-refractivity contribution is 5.61. The molecule has 0 saturated carbocycles. The lowest BCUT2D eigenvalue weighted by atomic mass is 10.1. The minimum Gasteiger partial charge on any atom is -0.265 e. The molecule has 3 rings (SSSR count). The summed E-state index contributed by atoms with van der Waals surface area (Å²) in [6.07, 6.45) is 10.6. The molecular formula is C15H13N3. The molecule has 0 N–H and O–H groups in total. The predicted molar refractivity (Wildman–Crippen MR) is 71.7 cm³/mol. The van der Waals surface area contributed by atoms with E-state index in [1.54, 1.807) is 37.2 Å². The molecule has 0 saturated heterocycles. The summed E-state index contributed by atoms with van der Waals surface area (Å²) in [5.41, 5.74) is 2.35. The highest BCUT2D eigenvalue weighted by Crippen LogP contribution is 2.15. The highest BCUT2D eigenvalue weighted by Gasteiger charge is 1.92. The first-order valence-electron chi connectivity index (χ1n) is 5.62. The maximum absolute atomic E-state index is 3.96. The molecule has 3 heteroatoms. The Morgan fingerprint density at radius 2 is 0.833 bits per heavy atom. The van der Waals surface area contributed by atoms with Crippen LogP contribution in [0.3, 0.4) is 0 Å². The van der Waals surface area contributed by atoms with Crippen LogP contribution in [-0.2, 0) is 0 Å². The summed E-state index contributed by atoms with van der Waals surface area (Å²) in [7, 11) is 0. The Bertz CT molecular complexity index is 474. The fourth-order valence-electron chi connectivity index (χ4n) is 1.40. The fraction of sp³-hybridized carbons (Fsp3) is 0. The van der Waals surface area contributed by atoms with Gasteiger partial charge in [-0.25, -0.2) is 0 Å². The normalized spacial score (nSPS) is 9.11. The molecule has 0 aromatic carbocycles. The molecule has 0 atom stereocenters. The number of aromatic nitrogens is 3. The van der Waals surface area contributed by atoms with Gasteiger partial charge in [-0.05, 0) is 47.5 Å². The summed E-state index contributed by atoms with van der Waals surface area (Å²) in [6, 6.07) is 13.6. The molecule has 3 aromatic rings. The number of hydrogen-bond donors (Lipinski definition) is 0. The largest absolute Gasteiger partial charge is 0.265 e. The Balaban J connectivity index is 0.000000169. The zero-order valence-electron chi connectivity index (χ0n) is 9.85. The number of pyridine rings is 3. The standard InChI is InChI=1S/C10H8N2.C5H5N/c1-5-11-6-2-9(1)10-3-7-12-8-4-10;1-2-4-6-5-3-1/h1-8H;1-5H. The first-order valence-corrected chi connectivity index (χ1v) is 5.62. The molecule has 18 heavy (non-hydrogen) atoms. The van der Waals surface area contributed by atoms with Crippen molar-refractivity contribution >= 4 is 0 Å². The van der Waals surface area contributed by atoms with Crippen molar-refractivity contribution in [2.75, 3.05) is 0 Å². The van der Waals surface area contributed by atoms with Crippen LogP contribution in [0, 0.1) is 0 Å². The minimum absolute atomic E-state index is 1.17. The summed E-state index contributed by atoms with van der Waals surface area (Å²) in [5.74, 6) is 0. The van der Waals surface area contributed by atoms with Crippen LogP contribution in [-0.4, -0.2) is 15.0 Å². The van der Waals surface area contributed by atoms with Gasteiger partial charge in [0, 0.05) is 37.2 Å². The van der Waals surface area contributed by atoms with Gasteiger partial charge < -0.3 is 0 Å². The van der Waals surface area contributed by atoms with E-state index in [0.717, 1.165) is 0 Å². The van der Waals surface area contributed by atoms with Gasteiger partial charge >= 0.3 is 0 Å². The zero-order valence-corrected chi connectivity index (χ0v) is 9.85. The molecule has 3 aromatic heterocycles. The molecule has 0 amide bonds. The number of hydrogen-bond acceptors (Lipinski definition) is 3. The van der Waals surface area contributed by atoms with Crippen LogP contribution in [0.1, 0.15) is 0 Å². The second-order valence-corrected chi connectivity index (χ2v) is 3.50. The van der Waals surface area contributed by atoms with Crippen molar-refractivity contribution in [1.29, 1.82) is 0 Å². The Labute approximate surface area is 106 Å². The van der Waals surface area contributed by atoms with Crippen LogP contribution in [0.25, 0.3) is 11.1 Å². The lowest BCUT2D eigenvalue weighted by molar-refractivity contribution is 1.31. The molecule has 3 nitrogen and oxygen atoms in total. The van der Waals surface area contributed by atoms with Gasteiger partial charge in [0.05, 0.1) is 0 Å². The van der Waals surface area contributed by atoms with Crippen LogP contribution >= 0.6 is 0 Å². The first kappa shape index (κ1) is 11.9. The summed E-state index contributed by atoms with van der Waals surface area (Å²) in [6.45, 7) is 0. The van der Waals surface area contributed by atoms with Gasteiger partial charge in [0.15, 0.2) is 0 Å². The molecule has 88 valence electrons. The molecular weight excluding hydrogens is 222 g/mol. The van der Waals surface area contributed by atoms with Crippen molar-refractivity contribution < 1.29 is 0 Å². The lowest BCUT2D eigenvalue weighted by Gasteiger charge is -1.97. The van der Waals surface area contributed by atoms with Gasteiger partial charge in [-0.3, -0.25) is 15.0 Å². The van der Waals surface area contributed by atoms with Gasteiger partial charge in [0.25, 0.3) is 0 Å². The molecule has 0 radical (unpaired) electrons. The topological polar surface area (TPSA) is 38.7 Å². The lowest BCUT2D eigenvalue weighted by Crippen LogP contribution is -1.77. The van der Waals surface area contributed by atoms with E-state index in [0.29, 0.717) is 0 Å². The monoisotopic (exact) mass is 235 g/mol. The summed E-state index contributed by atoms with van der Waals surface area (Å²) in [4.78, 5) is 11.7. The van der Waals surface area contributed by atoms with Crippen molar-refractivity contribution in [1.82, 2.24) is 15.0 Å². The van der Waals surface area contributed by atoms with Crippen LogP contribution in [0.15, 0.2) is 79.6 Å². The van der Waals surface area contributed by atoms with Crippen molar-refractivity contribution in [3.05, 3.63) is 79.6 Å². The maximum Gasteiger partial charge on any atom is 0.0273 e. The third-order valence-electron chi connectivity index (χ3n) is 2.26. The second kappa shape index (κ2) is 6.91. The zero-order chi connectivity index (χ0) is 12.5. The van der Waals surface area contributed by atoms with E-state index in [2.05, 4.69) is 15.0 Å². The molecule has 0 fully saturated rings. The third-order valence-corrected chi connectivity index (χ3v) is 2.26. The minimum atomic E-state index is 1.17. The van der Waals surface area contributed by atoms with Crippen LogP contribution < -0.4 is 0 Å². The average Bonchev–Trinajstić information content (AvgIpc) is 2.51. The molecule has 0 unspecified atom stereocenters. The first-order chi connectivity index (χ1) is 8.97. The van der Waals surface area contributed by atoms with Crippen LogP contribution in [0.4, 0.5) is 0 Å². The van der Waals surface area contributed by atoms with Gasteiger partial charge in [0.1, 0.15) is 0 Å². The predicted octanol–water partition coefficient (Wildman–Crippen LogP) is 3.23. The summed E-state index contributed by atoms with van der Waals surface area (Å²) in [5, 5.41) is 0. The van der Waals surface area contributed by atoms with Crippen LogP contribution in [0.2, 0.25) is 0 Å². The van der Waals surface area contributed by atoms with Gasteiger partial charge in [-0.15, -0.1) is 0 Å². The highest BCUT2D eigenvalue weighted by atomic mass is 14.6. The SMILES string of the molecule is c1cc(-c2ccncc2)ccn1.c1ccncc1. The smallest absolute Gasteiger partial charge is 0.0273 e. The van der Waals surface area contributed by atoms with Crippen LogP contribution in [0.5, 0.6) is 0 Å². The molecule has 3 heterocycles. The average molecular weight is 235 g/mol. The molecule has 0 aliphatic heterocycles. The third kappa shape index (κ3) is 3.79. The Morgan fingerprint density at radius 3 is 1.11 bits per heavy atom. The van der Waals surface area contributed by atoms with Crippen molar-refractivity contribution in [2.24, 2.45) is 0 Å². The number of nitrogens with zero attached hydrogens (tertiary/aromatic N) is 3. The Morgan fingerprint density at radius 1 is 0.444 bits per heavy atom. The van der Waals surface area contributed by atoms with E-state index in [1.165, 1.54) is 11.1 Å².